The Labute approximate surface area is 516 Å². The summed E-state index contributed by atoms with van der Waals surface area (Å²) in [6.45, 7) is 6.72. The summed E-state index contributed by atoms with van der Waals surface area (Å²) in [5.74, 6) is -6.13. The first-order valence-electron chi connectivity index (χ1n) is 31.3. The minimum absolute atomic E-state index is 0.0513. The van der Waals surface area contributed by atoms with Crippen LogP contribution in [0.3, 0.4) is 0 Å². The Kier molecular flexibility index (Phi) is 32.4. The molecule has 0 aliphatic carbocycles. The lowest BCUT2D eigenvalue weighted by atomic mass is 9.96. The number of carbonyl (C=O) groups excluding carboxylic acids is 8. The molecule has 0 fully saturated rings. The van der Waals surface area contributed by atoms with Crippen molar-refractivity contribution in [1.82, 2.24) is 47.2 Å². The third kappa shape index (κ3) is 25.2. The summed E-state index contributed by atoms with van der Waals surface area (Å²) in [5, 5.41) is 21.5. The number of hydrogen-bond donors (Lipinski definition) is 16. The zero-order valence-corrected chi connectivity index (χ0v) is 51.8. The summed E-state index contributed by atoms with van der Waals surface area (Å²) in [6.07, 6.45) is 14.1. The quantitative estimate of drug-likeness (QED) is 0.0171. The molecule has 88 heavy (non-hydrogen) atoms. The Morgan fingerprint density at radius 3 is 1.32 bits per heavy atom. The van der Waals surface area contributed by atoms with E-state index in [1.165, 1.54) is 6.42 Å². The molecule has 2 aromatic heterocycles. The molecule has 23 N–H and O–H groups in total. The Hall–Kier alpha value is -8.26. The van der Waals surface area contributed by atoms with E-state index < -0.39 is 89.6 Å². The van der Waals surface area contributed by atoms with Crippen LogP contribution in [0.5, 0.6) is 0 Å². The second kappa shape index (κ2) is 39.5. The molecule has 0 radical (unpaired) electrons. The van der Waals surface area contributed by atoms with Crippen LogP contribution in [-0.4, -0.2) is 138 Å². The van der Waals surface area contributed by atoms with Crippen LogP contribution in [0.15, 0.2) is 70.9 Å². The number of nitrogens with one attached hydrogen (secondary N) is 9. The fourth-order valence-electron chi connectivity index (χ4n) is 10.4. The number of unbranched alkanes of at least 4 members (excludes halogenated alkanes) is 8. The maximum absolute atomic E-state index is 15.1. The molecule has 26 nitrogen and oxygen atoms in total. The third-order valence-corrected chi connectivity index (χ3v) is 15.6. The van der Waals surface area contributed by atoms with Gasteiger partial charge < -0.3 is 87.3 Å². The molecule has 0 saturated heterocycles. The number of aliphatic imine (C=N–C) groups is 2. The maximum atomic E-state index is 15.1. The number of amides is 8. The van der Waals surface area contributed by atoms with Crippen molar-refractivity contribution < 1.29 is 38.4 Å². The first-order chi connectivity index (χ1) is 42.3. The topological polar surface area (TPSA) is 459 Å². The number of aromatic amines is 2. The van der Waals surface area contributed by atoms with E-state index in [-0.39, 0.29) is 88.8 Å². The number of nitrogens with zero attached hydrogens (tertiary/aromatic N) is 2. The van der Waals surface area contributed by atoms with Gasteiger partial charge in [-0.3, -0.25) is 48.3 Å². The Bertz CT molecular complexity index is 2900. The molecule has 4 aromatic rings. The summed E-state index contributed by atoms with van der Waals surface area (Å²) in [5.41, 5.74) is 42.6. The molecule has 8 atom stereocenters. The van der Waals surface area contributed by atoms with Gasteiger partial charge in [-0.2, -0.15) is 0 Å². The van der Waals surface area contributed by atoms with Crippen molar-refractivity contribution in [3.63, 3.8) is 0 Å². The van der Waals surface area contributed by atoms with Crippen molar-refractivity contribution in [1.29, 1.82) is 0 Å². The van der Waals surface area contributed by atoms with Crippen LogP contribution in [0, 0.1) is 5.92 Å². The second-order valence-electron chi connectivity index (χ2n) is 22.7. The Morgan fingerprint density at radius 2 is 0.852 bits per heavy atom. The number of guanidine groups is 2. The number of benzene rings is 2. The van der Waals surface area contributed by atoms with Gasteiger partial charge in [0.1, 0.15) is 42.3 Å². The Morgan fingerprint density at radius 1 is 0.455 bits per heavy atom. The number of carbonyl (C=O) groups is 8. The van der Waals surface area contributed by atoms with Gasteiger partial charge in [-0.25, -0.2) is 0 Å². The van der Waals surface area contributed by atoms with Gasteiger partial charge in [-0.15, -0.1) is 0 Å². The van der Waals surface area contributed by atoms with Crippen molar-refractivity contribution >= 4 is 81.0 Å². The van der Waals surface area contributed by atoms with Crippen LogP contribution in [-0.2, 0) is 51.2 Å². The summed E-state index contributed by atoms with van der Waals surface area (Å²) >= 11 is 0. The average Bonchev–Trinajstić information content (AvgIpc) is 3.76. The number of para-hydroxylation sites is 2. The molecule has 2 heterocycles. The lowest BCUT2D eigenvalue weighted by Gasteiger charge is -2.29. The molecule has 0 saturated carbocycles. The monoisotopic (exact) mass is 1220 g/mol. The van der Waals surface area contributed by atoms with Crippen molar-refractivity contribution in [2.24, 2.45) is 56.0 Å². The minimum atomic E-state index is -1.40. The van der Waals surface area contributed by atoms with Gasteiger partial charge in [-0.05, 0) is 113 Å². The fraction of sp³-hybridized carbons (Fsp3) is 0.581. The molecule has 0 aliphatic heterocycles. The van der Waals surface area contributed by atoms with Crippen LogP contribution in [0.1, 0.15) is 154 Å². The van der Waals surface area contributed by atoms with E-state index in [1.54, 1.807) is 19.3 Å². The number of rotatable bonds is 44. The molecule has 0 aliphatic rings. The van der Waals surface area contributed by atoms with Crippen LogP contribution >= 0.6 is 0 Å². The second-order valence-corrected chi connectivity index (χ2v) is 22.7. The highest BCUT2D eigenvalue weighted by Crippen LogP contribution is 2.22. The van der Waals surface area contributed by atoms with Crippen LogP contribution in [0.4, 0.5) is 0 Å². The van der Waals surface area contributed by atoms with Crippen LogP contribution in [0.2, 0.25) is 0 Å². The van der Waals surface area contributed by atoms with E-state index in [0.717, 1.165) is 53.9 Å². The van der Waals surface area contributed by atoms with Gasteiger partial charge >= 0.3 is 0 Å². The molecule has 8 amide bonds. The van der Waals surface area contributed by atoms with E-state index >= 15 is 4.79 Å². The maximum Gasteiger partial charge on any atom is 0.243 e. The van der Waals surface area contributed by atoms with Gasteiger partial charge in [0.25, 0.3) is 0 Å². The zero-order valence-electron chi connectivity index (χ0n) is 51.8. The van der Waals surface area contributed by atoms with E-state index in [2.05, 4.69) is 64.1 Å². The average molecular weight is 1230 g/mol. The molecule has 0 unspecified atom stereocenters. The van der Waals surface area contributed by atoms with E-state index in [4.69, 9.17) is 40.1 Å². The number of nitrogens with two attached hydrogens (primary N) is 7. The summed E-state index contributed by atoms with van der Waals surface area (Å²) in [6, 6.07) is 6.14. The van der Waals surface area contributed by atoms with Gasteiger partial charge in [0.05, 0.1) is 0 Å². The predicted octanol–water partition coefficient (Wildman–Crippen LogP) is 1.87. The first-order valence-corrected chi connectivity index (χ1v) is 31.3. The van der Waals surface area contributed by atoms with Crippen molar-refractivity contribution in [2.45, 2.75) is 198 Å². The molecule has 0 spiro atoms. The minimum Gasteiger partial charge on any atom is -0.370 e. The SMILES string of the molecule is CCCCCCCCCC(=O)N[C@@H](CCCCN)C(=O)N[C@H](C(=O)N[C@@H](CCCCN)C(=O)N[C@@H](CCCN=C(N)N)C(=O)N[C@@H](Cc1c[nH]c2ccccc12)C(=O)N[C@@H](Cc1c[nH]c2ccccc12)C(=O)N[C@@H](CCCN=C(N)N)C(N)=O)[C@@H](C)CC. The van der Waals surface area contributed by atoms with Crippen molar-refractivity contribution in [3.05, 3.63) is 72.1 Å². The largest absolute Gasteiger partial charge is 0.370 e. The van der Waals surface area contributed by atoms with Crippen molar-refractivity contribution in [2.75, 3.05) is 26.2 Å². The normalized spacial score (nSPS) is 14.0. The van der Waals surface area contributed by atoms with E-state index in [9.17, 15) is 33.6 Å². The predicted molar refractivity (Wildman–Crippen MR) is 344 cm³/mol. The number of H-pyrrole nitrogens is 2. The highest BCUT2D eigenvalue weighted by Gasteiger charge is 2.36. The fourth-order valence-corrected chi connectivity index (χ4v) is 10.4. The van der Waals surface area contributed by atoms with E-state index in [0.29, 0.717) is 62.6 Å². The number of hydrogen-bond acceptors (Lipinski definition) is 12. The van der Waals surface area contributed by atoms with Gasteiger partial charge in [0.2, 0.25) is 47.3 Å². The lowest BCUT2D eigenvalue weighted by Crippen LogP contribution is -2.61. The van der Waals surface area contributed by atoms with Crippen LogP contribution < -0.4 is 77.4 Å². The molecule has 4 rings (SSSR count). The molecular weight excluding hydrogens is 1120 g/mol. The highest BCUT2D eigenvalue weighted by molar-refractivity contribution is 5.98. The first kappa shape index (κ1) is 72.2. The van der Waals surface area contributed by atoms with E-state index in [1.807, 2.05) is 55.5 Å². The van der Waals surface area contributed by atoms with Gasteiger partial charge in [0, 0.05) is 66.6 Å². The Balaban J connectivity index is 1.67. The molecular formula is C62H100N18O8. The molecule has 0 bridgehead atoms. The zero-order chi connectivity index (χ0) is 64.4. The standard InChI is InChI=1S/C62H100N18O8/c1-4-6-7-8-9-10-11-30-52(81)74-47(26-16-18-31-63)57(85)80-53(39(3)5-2)60(88)77-48(27-17-19-32-64)55(83)76-49(29-21-34-71-62(68)69)56(84)78-51(36-41-38-73-45-25-15-13-23-43(41)45)59(87)79-50(35-40-37-72-44-24-14-12-22-42(40)44)58(86)75-46(54(65)82)28-20-33-70-61(66)67/h12-15,22-25,37-39,46-51,53,72-73H,4-11,16-21,26-36,63-64H2,1-3H3,(H2,65,82)(H,74,81)(H,75,86)(H,76,83)(H,77,88)(H,78,84)(H,79,87)(H,80,85)(H4,66,67,70)(H4,68,69,71)/t39-,46-,47-,48-,49-,50-,51-,53-/m0/s1. The number of primary amides is 1. The number of aromatic nitrogens is 2. The van der Waals surface area contributed by atoms with Crippen molar-refractivity contribution in [3.8, 4) is 0 Å². The third-order valence-electron chi connectivity index (χ3n) is 15.6. The highest BCUT2D eigenvalue weighted by atomic mass is 16.2. The lowest BCUT2D eigenvalue weighted by molar-refractivity contribution is -0.136. The summed E-state index contributed by atoms with van der Waals surface area (Å²) in [4.78, 5) is 128. The summed E-state index contributed by atoms with van der Waals surface area (Å²) in [7, 11) is 0. The molecule has 26 heteroatoms. The molecule has 2 aromatic carbocycles. The number of fused-ring (bicyclic) bond motifs is 2. The van der Waals surface area contributed by atoms with Gasteiger partial charge in [0.15, 0.2) is 11.9 Å². The molecule has 486 valence electrons. The summed E-state index contributed by atoms with van der Waals surface area (Å²) < 4.78 is 0. The smallest absolute Gasteiger partial charge is 0.243 e. The van der Waals surface area contributed by atoms with Crippen LogP contribution in [0.25, 0.3) is 21.8 Å². The van der Waals surface area contributed by atoms with Gasteiger partial charge in [-0.1, -0.05) is 102 Å².